The van der Waals surface area contributed by atoms with Gasteiger partial charge in [0.25, 0.3) is 0 Å². The normalized spacial score (nSPS) is 38.7. The first-order valence-corrected chi connectivity index (χ1v) is 11.4. The maximum absolute atomic E-state index is 13.4. The lowest BCUT2D eigenvalue weighted by atomic mass is 9.54. The minimum atomic E-state index is -0.0537. The van der Waals surface area contributed by atoms with Crippen LogP contribution in [0.4, 0.5) is 0 Å². The van der Waals surface area contributed by atoms with Crippen LogP contribution in [-0.4, -0.2) is 12.1 Å². The number of esters is 1. The Balaban J connectivity index is 1.58. The largest absolute Gasteiger partial charge is 0.462 e. The van der Waals surface area contributed by atoms with Crippen LogP contribution in [0.2, 0.25) is 0 Å². The molecule has 5 aliphatic rings. The van der Waals surface area contributed by atoms with Gasteiger partial charge < -0.3 is 4.74 Å². The molecule has 2 heteroatoms. The third-order valence-corrected chi connectivity index (χ3v) is 8.53. The number of hydrogen-bond acceptors (Lipinski definition) is 2. The molecule has 0 amide bonds. The number of ether oxygens (including phenoxy) is 1. The molecule has 5 rings (SSSR count). The summed E-state index contributed by atoms with van der Waals surface area (Å²) in [6.07, 6.45) is 19.1. The van der Waals surface area contributed by atoms with Crippen LogP contribution in [0, 0.1) is 16.7 Å². The molecule has 27 heavy (non-hydrogen) atoms. The molecule has 146 valence electrons. The van der Waals surface area contributed by atoms with Crippen molar-refractivity contribution in [2.24, 2.45) is 16.7 Å². The van der Waals surface area contributed by atoms with Gasteiger partial charge in [-0.25, -0.2) is 0 Å². The Hall–Kier alpha value is -1.31. The molecule has 0 aromatic carbocycles. The molecule has 5 aliphatic carbocycles. The summed E-state index contributed by atoms with van der Waals surface area (Å²) in [6.45, 7) is 4.90. The van der Waals surface area contributed by atoms with Gasteiger partial charge in [-0.05, 0) is 93.6 Å². The second-order valence-electron chi connectivity index (χ2n) is 10.2. The molecule has 0 radical (unpaired) electrons. The molecule has 0 unspecified atom stereocenters. The first-order valence-electron chi connectivity index (χ1n) is 11.4. The zero-order valence-corrected chi connectivity index (χ0v) is 17.1. The summed E-state index contributed by atoms with van der Waals surface area (Å²) < 4.78 is 6.07. The molecule has 2 nitrogen and oxygen atoms in total. The van der Waals surface area contributed by atoms with E-state index in [-0.39, 0.29) is 28.8 Å². The Labute approximate surface area is 164 Å². The van der Waals surface area contributed by atoms with E-state index >= 15 is 0 Å². The predicted octanol–water partition coefficient (Wildman–Crippen LogP) is 6.43. The topological polar surface area (TPSA) is 26.3 Å². The van der Waals surface area contributed by atoms with Gasteiger partial charge in [-0.1, -0.05) is 37.1 Å². The molecule has 1 fully saturated rings. The van der Waals surface area contributed by atoms with Gasteiger partial charge in [-0.15, -0.1) is 0 Å². The van der Waals surface area contributed by atoms with E-state index in [1.165, 1.54) is 74.5 Å². The maximum Gasteiger partial charge on any atom is 0.314 e. The summed E-state index contributed by atoms with van der Waals surface area (Å²) in [5.74, 6) is 0.0157. The Morgan fingerprint density at radius 2 is 1.85 bits per heavy atom. The summed E-state index contributed by atoms with van der Waals surface area (Å²) in [5.41, 5.74) is 6.55. The highest BCUT2D eigenvalue weighted by Gasteiger charge is 2.51. The minimum Gasteiger partial charge on any atom is -0.462 e. The number of allylic oxidation sites excluding steroid dienone is 5. The fourth-order valence-corrected chi connectivity index (χ4v) is 6.83. The van der Waals surface area contributed by atoms with Crippen molar-refractivity contribution in [1.82, 2.24) is 0 Å². The van der Waals surface area contributed by atoms with Gasteiger partial charge in [0.05, 0.1) is 5.92 Å². The van der Waals surface area contributed by atoms with Crippen molar-refractivity contribution in [1.29, 1.82) is 0 Å². The van der Waals surface area contributed by atoms with E-state index in [0.29, 0.717) is 0 Å². The number of carbonyl (C=O) groups is 1. The lowest BCUT2D eigenvalue weighted by Gasteiger charge is -2.50. The molecule has 0 spiro atoms. The fraction of sp³-hybridized carbons (Fsp3) is 0.720. The van der Waals surface area contributed by atoms with E-state index < -0.39 is 0 Å². The SMILES string of the molecule is C[C@@]12CCC=C1C1=C(CC2)[C@@]2(C)CCCC=C2C[C@H]1C(=O)OC1CCCC1. The van der Waals surface area contributed by atoms with E-state index in [1.807, 2.05) is 0 Å². The lowest BCUT2D eigenvalue weighted by molar-refractivity contribution is -0.152. The van der Waals surface area contributed by atoms with Crippen LogP contribution in [0.3, 0.4) is 0 Å². The Morgan fingerprint density at radius 1 is 1.04 bits per heavy atom. The van der Waals surface area contributed by atoms with Crippen LogP contribution < -0.4 is 0 Å². The average Bonchev–Trinajstić information content (AvgIpc) is 3.29. The van der Waals surface area contributed by atoms with Crippen molar-refractivity contribution in [3.05, 3.63) is 34.4 Å². The van der Waals surface area contributed by atoms with E-state index in [4.69, 9.17) is 4.74 Å². The highest BCUT2D eigenvalue weighted by molar-refractivity contribution is 5.80. The molecule has 0 heterocycles. The standard InChI is InChI=1S/C25H34O2/c1-24-13-7-11-20(24)22-19(23(26)27-18-9-3-4-10-18)16-17-8-5-6-14-25(17,2)21(22)12-15-24/h8,11,18-19H,3-7,9-10,12-16H2,1-2H3/t19-,24+,25+/m1/s1. The molecule has 0 aromatic heterocycles. The van der Waals surface area contributed by atoms with E-state index in [0.717, 1.165) is 19.3 Å². The molecule has 0 saturated heterocycles. The van der Waals surface area contributed by atoms with Crippen molar-refractivity contribution in [2.75, 3.05) is 0 Å². The minimum absolute atomic E-state index is 0.0537. The first-order chi connectivity index (χ1) is 13.0. The zero-order chi connectivity index (χ0) is 18.6. The van der Waals surface area contributed by atoms with Gasteiger partial charge in [-0.3, -0.25) is 4.79 Å². The van der Waals surface area contributed by atoms with Crippen molar-refractivity contribution in [2.45, 2.75) is 97.0 Å². The Kier molecular flexibility index (Phi) is 4.18. The number of hydrogen-bond donors (Lipinski definition) is 0. The van der Waals surface area contributed by atoms with E-state index in [2.05, 4.69) is 26.0 Å². The van der Waals surface area contributed by atoms with Crippen LogP contribution in [0.15, 0.2) is 34.4 Å². The highest BCUT2D eigenvalue weighted by atomic mass is 16.5. The molecule has 0 N–H and O–H groups in total. The Bertz CT molecular complexity index is 748. The first kappa shape index (κ1) is 17.8. The Morgan fingerprint density at radius 3 is 2.67 bits per heavy atom. The second kappa shape index (κ2) is 6.36. The number of rotatable bonds is 2. The van der Waals surface area contributed by atoms with Crippen LogP contribution in [0.5, 0.6) is 0 Å². The van der Waals surface area contributed by atoms with E-state index in [9.17, 15) is 4.79 Å². The second-order valence-corrected chi connectivity index (χ2v) is 10.2. The average molecular weight is 367 g/mol. The molecular formula is C25H34O2. The lowest BCUT2D eigenvalue weighted by Crippen LogP contribution is -2.41. The van der Waals surface area contributed by atoms with Gasteiger partial charge in [0.15, 0.2) is 0 Å². The van der Waals surface area contributed by atoms with Gasteiger partial charge in [0, 0.05) is 5.41 Å². The van der Waals surface area contributed by atoms with E-state index in [1.54, 1.807) is 5.57 Å². The predicted molar refractivity (Wildman–Crippen MR) is 108 cm³/mol. The third kappa shape index (κ3) is 2.69. The highest BCUT2D eigenvalue weighted by Crippen LogP contribution is 2.62. The molecule has 3 atom stereocenters. The third-order valence-electron chi connectivity index (χ3n) is 8.53. The van der Waals surface area contributed by atoms with Crippen molar-refractivity contribution in [3.8, 4) is 0 Å². The summed E-state index contributed by atoms with van der Waals surface area (Å²) in [6, 6.07) is 0. The summed E-state index contributed by atoms with van der Waals surface area (Å²) in [5, 5.41) is 0. The quantitative estimate of drug-likeness (QED) is 0.416. The van der Waals surface area contributed by atoms with Crippen LogP contribution in [0.25, 0.3) is 0 Å². The van der Waals surface area contributed by atoms with Crippen molar-refractivity contribution in [3.63, 3.8) is 0 Å². The molecule has 0 bridgehead atoms. The van der Waals surface area contributed by atoms with Crippen molar-refractivity contribution >= 4 is 5.97 Å². The van der Waals surface area contributed by atoms with Gasteiger partial charge in [0.1, 0.15) is 6.10 Å². The van der Waals surface area contributed by atoms with Gasteiger partial charge in [0.2, 0.25) is 0 Å². The smallest absolute Gasteiger partial charge is 0.314 e. The number of fused-ring (bicyclic) bond motifs is 4. The number of carbonyl (C=O) groups excluding carboxylic acids is 1. The van der Waals surface area contributed by atoms with Crippen LogP contribution in [-0.2, 0) is 9.53 Å². The summed E-state index contributed by atoms with van der Waals surface area (Å²) >= 11 is 0. The molecule has 1 saturated carbocycles. The van der Waals surface area contributed by atoms with Crippen LogP contribution >= 0.6 is 0 Å². The maximum atomic E-state index is 13.4. The van der Waals surface area contributed by atoms with Crippen molar-refractivity contribution < 1.29 is 9.53 Å². The summed E-state index contributed by atoms with van der Waals surface area (Å²) in [4.78, 5) is 13.4. The van der Waals surface area contributed by atoms with Gasteiger partial charge >= 0.3 is 5.97 Å². The molecule has 0 aliphatic heterocycles. The fourth-order valence-electron chi connectivity index (χ4n) is 6.83. The van der Waals surface area contributed by atoms with Gasteiger partial charge in [-0.2, -0.15) is 0 Å². The zero-order valence-electron chi connectivity index (χ0n) is 17.1. The molecule has 0 aromatic rings. The van der Waals surface area contributed by atoms with Crippen LogP contribution in [0.1, 0.15) is 90.9 Å². The monoisotopic (exact) mass is 366 g/mol. The summed E-state index contributed by atoms with van der Waals surface area (Å²) in [7, 11) is 0. The molecular weight excluding hydrogens is 332 g/mol.